The maximum absolute atomic E-state index is 5.86. The van der Waals surface area contributed by atoms with E-state index in [2.05, 4.69) is 44.6 Å². The molecule has 2 aromatic rings. The van der Waals surface area contributed by atoms with E-state index in [0.717, 1.165) is 21.7 Å². The van der Waals surface area contributed by atoms with Crippen molar-refractivity contribution in [3.8, 4) is 0 Å². The van der Waals surface area contributed by atoms with Gasteiger partial charge >= 0.3 is 0 Å². The van der Waals surface area contributed by atoms with Crippen molar-refractivity contribution in [1.29, 1.82) is 0 Å². The second-order valence-electron chi connectivity index (χ2n) is 5.69. The fourth-order valence-corrected chi connectivity index (χ4v) is 3.86. The van der Waals surface area contributed by atoms with Gasteiger partial charge in [0.25, 0.3) is 0 Å². The highest BCUT2D eigenvalue weighted by Gasteiger charge is 2.22. The highest BCUT2D eigenvalue weighted by Crippen LogP contribution is 2.38. The third kappa shape index (κ3) is 3.39. The summed E-state index contributed by atoms with van der Waals surface area (Å²) in [7, 11) is 0. The topological polar surface area (TPSA) is 38.9 Å². The van der Waals surface area contributed by atoms with Gasteiger partial charge in [-0.1, -0.05) is 32.5 Å². The normalized spacial score (nSPS) is 13.8. The molecule has 19 heavy (non-hydrogen) atoms. The van der Waals surface area contributed by atoms with Crippen LogP contribution >= 0.6 is 23.1 Å². The molecule has 3 nitrogen and oxygen atoms in total. The average Bonchev–Trinajstić information content (AvgIpc) is 2.86. The van der Waals surface area contributed by atoms with E-state index in [4.69, 9.17) is 4.42 Å². The van der Waals surface area contributed by atoms with Crippen molar-refractivity contribution in [2.75, 3.05) is 0 Å². The standard InChI is InChI=1S/C14H20N2OS2/c1-8-9(2)18-13(16-8)19-10(3)12-15-7-11(17-12)14(4,5)6/h7,10H,1-6H3/t10-/m1/s1. The number of thioether (sulfide) groups is 1. The van der Waals surface area contributed by atoms with Gasteiger partial charge in [-0.2, -0.15) is 0 Å². The molecule has 2 rings (SSSR count). The first-order valence-electron chi connectivity index (χ1n) is 6.34. The van der Waals surface area contributed by atoms with E-state index in [-0.39, 0.29) is 10.7 Å². The van der Waals surface area contributed by atoms with Gasteiger partial charge in [0.15, 0.2) is 4.34 Å². The Labute approximate surface area is 122 Å². The van der Waals surface area contributed by atoms with Crippen LogP contribution in [0.4, 0.5) is 0 Å². The summed E-state index contributed by atoms with van der Waals surface area (Å²) in [6.07, 6.45) is 1.84. The number of oxazole rings is 1. The van der Waals surface area contributed by atoms with E-state index in [0.29, 0.717) is 0 Å². The molecule has 0 aliphatic heterocycles. The zero-order valence-electron chi connectivity index (χ0n) is 12.3. The van der Waals surface area contributed by atoms with E-state index in [1.165, 1.54) is 4.88 Å². The lowest BCUT2D eigenvalue weighted by Crippen LogP contribution is -2.09. The molecule has 104 valence electrons. The lowest BCUT2D eigenvalue weighted by molar-refractivity contribution is 0.383. The van der Waals surface area contributed by atoms with Gasteiger partial charge in [0, 0.05) is 10.3 Å². The Balaban J connectivity index is 2.12. The van der Waals surface area contributed by atoms with Gasteiger partial charge in [0.05, 0.1) is 17.1 Å². The Hall–Kier alpha value is -0.810. The molecule has 5 heteroatoms. The predicted molar refractivity (Wildman–Crippen MR) is 81.1 cm³/mol. The van der Waals surface area contributed by atoms with Gasteiger partial charge in [-0.15, -0.1) is 11.3 Å². The van der Waals surface area contributed by atoms with Crippen LogP contribution in [0.2, 0.25) is 0 Å². The van der Waals surface area contributed by atoms with Gasteiger partial charge in [-0.25, -0.2) is 9.97 Å². The van der Waals surface area contributed by atoms with Crippen LogP contribution in [0.25, 0.3) is 0 Å². The van der Waals surface area contributed by atoms with Crippen molar-refractivity contribution in [2.45, 2.75) is 56.5 Å². The zero-order valence-corrected chi connectivity index (χ0v) is 13.9. The minimum Gasteiger partial charge on any atom is -0.444 e. The lowest BCUT2D eigenvalue weighted by Gasteiger charge is -2.13. The minimum atomic E-state index is 0.00396. The number of rotatable bonds is 3. The molecule has 0 unspecified atom stereocenters. The molecule has 0 saturated heterocycles. The molecule has 0 aliphatic rings. The van der Waals surface area contributed by atoms with Crippen molar-refractivity contribution in [2.24, 2.45) is 0 Å². The van der Waals surface area contributed by atoms with Crippen LogP contribution in [0, 0.1) is 13.8 Å². The van der Waals surface area contributed by atoms with Gasteiger partial charge in [-0.3, -0.25) is 0 Å². The number of aromatic nitrogens is 2. The Morgan fingerprint density at radius 1 is 1.32 bits per heavy atom. The van der Waals surface area contributed by atoms with E-state index in [9.17, 15) is 0 Å². The van der Waals surface area contributed by atoms with Crippen molar-refractivity contribution >= 4 is 23.1 Å². The SMILES string of the molecule is Cc1nc(S[C@H](C)c2ncc(C(C)(C)C)o2)sc1C. The second kappa shape index (κ2) is 5.29. The molecule has 0 aliphatic carbocycles. The Bertz CT molecular complexity index is 547. The van der Waals surface area contributed by atoms with Crippen molar-refractivity contribution in [3.05, 3.63) is 28.4 Å². The number of nitrogens with zero attached hydrogens (tertiary/aromatic N) is 2. The first-order valence-corrected chi connectivity index (χ1v) is 8.04. The van der Waals surface area contributed by atoms with Crippen LogP contribution < -0.4 is 0 Å². The Morgan fingerprint density at radius 3 is 2.47 bits per heavy atom. The summed E-state index contributed by atoms with van der Waals surface area (Å²) in [5.74, 6) is 1.71. The summed E-state index contributed by atoms with van der Waals surface area (Å²) in [5, 5.41) is 0.182. The van der Waals surface area contributed by atoms with Gasteiger partial charge in [0.1, 0.15) is 5.76 Å². The highest BCUT2D eigenvalue weighted by molar-refractivity contribution is 8.01. The molecule has 0 spiro atoms. The minimum absolute atomic E-state index is 0.00396. The van der Waals surface area contributed by atoms with E-state index in [1.54, 1.807) is 23.1 Å². The molecular formula is C14H20N2OS2. The predicted octanol–water partition coefficient (Wildman–Crippen LogP) is 4.90. The van der Waals surface area contributed by atoms with Crippen LogP contribution in [0.15, 0.2) is 15.0 Å². The summed E-state index contributed by atoms with van der Waals surface area (Å²) >= 11 is 3.44. The quantitative estimate of drug-likeness (QED) is 0.755. The first-order chi connectivity index (χ1) is 8.77. The third-order valence-corrected chi connectivity index (χ3v) is 5.15. The Kier molecular flexibility index (Phi) is 4.06. The van der Waals surface area contributed by atoms with Gasteiger partial charge in [-0.05, 0) is 20.8 Å². The van der Waals surface area contributed by atoms with Crippen LogP contribution in [-0.2, 0) is 5.41 Å². The molecule has 0 amide bonds. The molecule has 2 heterocycles. The van der Waals surface area contributed by atoms with E-state index in [1.807, 2.05) is 13.1 Å². The van der Waals surface area contributed by atoms with Crippen molar-refractivity contribution in [3.63, 3.8) is 0 Å². The fraction of sp³-hybridized carbons (Fsp3) is 0.571. The summed E-state index contributed by atoms with van der Waals surface area (Å²) in [5.41, 5.74) is 1.12. The highest BCUT2D eigenvalue weighted by atomic mass is 32.2. The summed E-state index contributed by atoms with van der Waals surface area (Å²) in [6, 6.07) is 0. The molecule has 0 bridgehead atoms. The van der Waals surface area contributed by atoms with Gasteiger partial charge in [0.2, 0.25) is 5.89 Å². The van der Waals surface area contributed by atoms with E-state index >= 15 is 0 Å². The molecule has 0 N–H and O–H groups in total. The summed E-state index contributed by atoms with van der Waals surface area (Å²) in [4.78, 5) is 10.2. The number of aryl methyl sites for hydroxylation is 2. The second-order valence-corrected chi connectivity index (χ2v) is 8.49. The fourth-order valence-electron chi connectivity index (χ4n) is 1.52. The summed E-state index contributed by atoms with van der Waals surface area (Å²) in [6.45, 7) is 12.6. The molecular weight excluding hydrogens is 276 g/mol. The van der Waals surface area contributed by atoms with Crippen molar-refractivity contribution < 1.29 is 4.42 Å². The molecule has 2 aromatic heterocycles. The molecule has 0 radical (unpaired) electrons. The molecule has 1 atom stereocenters. The largest absolute Gasteiger partial charge is 0.444 e. The number of hydrogen-bond donors (Lipinski definition) is 0. The maximum Gasteiger partial charge on any atom is 0.207 e. The van der Waals surface area contributed by atoms with Crippen molar-refractivity contribution in [1.82, 2.24) is 9.97 Å². The first kappa shape index (κ1) is 14.6. The molecule has 0 fully saturated rings. The third-order valence-electron chi connectivity index (χ3n) is 2.90. The summed E-state index contributed by atoms with van der Waals surface area (Å²) < 4.78 is 6.95. The monoisotopic (exact) mass is 296 g/mol. The zero-order chi connectivity index (χ0) is 14.2. The van der Waals surface area contributed by atoms with E-state index < -0.39 is 0 Å². The van der Waals surface area contributed by atoms with Gasteiger partial charge < -0.3 is 4.42 Å². The molecule has 0 saturated carbocycles. The number of hydrogen-bond acceptors (Lipinski definition) is 5. The number of thiazole rings is 1. The maximum atomic E-state index is 5.86. The smallest absolute Gasteiger partial charge is 0.207 e. The lowest BCUT2D eigenvalue weighted by atomic mass is 9.94. The van der Waals surface area contributed by atoms with Crippen LogP contribution in [-0.4, -0.2) is 9.97 Å². The Morgan fingerprint density at radius 2 is 2.00 bits per heavy atom. The molecule has 0 aromatic carbocycles. The average molecular weight is 296 g/mol. The van der Waals surface area contributed by atoms with Crippen LogP contribution in [0.5, 0.6) is 0 Å². The van der Waals surface area contributed by atoms with Crippen LogP contribution in [0.1, 0.15) is 55.2 Å². The van der Waals surface area contributed by atoms with Crippen LogP contribution in [0.3, 0.4) is 0 Å².